The van der Waals surface area contributed by atoms with Crippen LogP contribution in [0.3, 0.4) is 0 Å². The van der Waals surface area contributed by atoms with Gasteiger partial charge < -0.3 is 10.4 Å². The molecule has 0 aromatic carbocycles. The van der Waals surface area contributed by atoms with Crippen LogP contribution in [0.5, 0.6) is 0 Å². The van der Waals surface area contributed by atoms with Gasteiger partial charge in [-0.25, -0.2) is 4.79 Å². The minimum Gasteiger partial charge on any atom is -0.396 e. The minimum absolute atomic E-state index is 0.0628. The van der Waals surface area contributed by atoms with Crippen LogP contribution in [0, 0.1) is 0 Å². The van der Waals surface area contributed by atoms with Gasteiger partial charge in [0.15, 0.2) is 0 Å². The number of carbonyl (C=O) groups is 1. The van der Waals surface area contributed by atoms with E-state index in [4.69, 9.17) is 5.11 Å². The predicted molar refractivity (Wildman–Crippen MR) is 67.3 cm³/mol. The second-order valence-electron chi connectivity index (χ2n) is 4.62. The Morgan fingerprint density at radius 3 is 2.65 bits per heavy atom. The van der Waals surface area contributed by atoms with Crippen LogP contribution in [0.2, 0.25) is 0 Å². The maximum absolute atomic E-state index is 11.4. The number of aliphatic hydroxyl groups is 1. The molecule has 7 heteroatoms. The number of urea groups is 1. The number of aliphatic hydroxyl groups excluding tert-OH is 1. The highest BCUT2D eigenvalue weighted by Crippen LogP contribution is 2.27. The van der Waals surface area contributed by atoms with E-state index < -0.39 is 0 Å². The van der Waals surface area contributed by atoms with Crippen molar-refractivity contribution >= 4 is 22.5 Å². The number of hydrogen-bond donors (Lipinski definition) is 3. The summed E-state index contributed by atoms with van der Waals surface area (Å²) >= 11 is 1.36. The number of rotatable bonds is 4. The van der Waals surface area contributed by atoms with Crippen LogP contribution in [0.25, 0.3) is 0 Å². The molecule has 0 spiro atoms. The number of carbonyl (C=O) groups excluding carboxylic acids is 1. The fourth-order valence-electron chi connectivity index (χ4n) is 0.999. The molecule has 2 amide bonds. The third-order valence-corrected chi connectivity index (χ3v) is 3.17. The van der Waals surface area contributed by atoms with Gasteiger partial charge in [0.05, 0.1) is 0 Å². The number of aromatic nitrogens is 2. The van der Waals surface area contributed by atoms with Crippen molar-refractivity contribution < 1.29 is 9.90 Å². The summed E-state index contributed by atoms with van der Waals surface area (Å²) in [7, 11) is 0. The summed E-state index contributed by atoms with van der Waals surface area (Å²) in [6.45, 7) is 6.62. The van der Waals surface area contributed by atoms with E-state index in [0.717, 1.165) is 5.01 Å². The summed E-state index contributed by atoms with van der Waals surface area (Å²) in [4.78, 5) is 11.4. The van der Waals surface area contributed by atoms with E-state index in [1.54, 1.807) is 0 Å². The lowest BCUT2D eigenvalue weighted by Gasteiger charge is -2.12. The summed E-state index contributed by atoms with van der Waals surface area (Å²) in [6.07, 6.45) is 0.538. The zero-order chi connectivity index (χ0) is 12.9. The smallest absolute Gasteiger partial charge is 0.321 e. The van der Waals surface area contributed by atoms with Gasteiger partial charge in [-0.3, -0.25) is 5.32 Å². The van der Waals surface area contributed by atoms with Crippen LogP contribution in [0.15, 0.2) is 0 Å². The molecule has 6 nitrogen and oxygen atoms in total. The highest BCUT2D eigenvalue weighted by atomic mass is 32.1. The minimum atomic E-state index is -0.324. The normalized spacial score (nSPS) is 11.3. The SMILES string of the molecule is CC(C)(C)c1nnc(NC(=O)NCCCO)s1. The van der Waals surface area contributed by atoms with Gasteiger partial charge in [0, 0.05) is 18.6 Å². The average molecular weight is 258 g/mol. The van der Waals surface area contributed by atoms with Crippen LogP contribution in [0.1, 0.15) is 32.2 Å². The van der Waals surface area contributed by atoms with Gasteiger partial charge in [-0.1, -0.05) is 32.1 Å². The molecule has 1 aromatic heterocycles. The highest BCUT2D eigenvalue weighted by molar-refractivity contribution is 7.15. The standard InChI is InChI=1S/C10H18N4O2S/c1-10(2,3)7-13-14-9(17-7)12-8(16)11-5-4-6-15/h15H,4-6H2,1-3H3,(H2,11,12,14,16). The first-order valence-electron chi connectivity index (χ1n) is 5.43. The molecule has 0 fully saturated rings. The fraction of sp³-hybridized carbons (Fsp3) is 0.700. The largest absolute Gasteiger partial charge is 0.396 e. The lowest BCUT2D eigenvalue weighted by molar-refractivity contribution is 0.249. The van der Waals surface area contributed by atoms with Crippen molar-refractivity contribution in [2.45, 2.75) is 32.6 Å². The van der Waals surface area contributed by atoms with E-state index in [2.05, 4.69) is 20.8 Å². The highest BCUT2D eigenvalue weighted by Gasteiger charge is 2.19. The van der Waals surface area contributed by atoms with Crippen molar-refractivity contribution in [3.63, 3.8) is 0 Å². The maximum Gasteiger partial charge on any atom is 0.321 e. The van der Waals surface area contributed by atoms with Crippen molar-refractivity contribution in [3.8, 4) is 0 Å². The molecule has 1 heterocycles. The molecule has 0 aliphatic rings. The zero-order valence-electron chi connectivity index (χ0n) is 10.3. The van der Waals surface area contributed by atoms with Crippen LogP contribution in [-0.4, -0.2) is 34.5 Å². The van der Waals surface area contributed by atoms with E-state index >= 15 is 0 Å². The quantitative estimate of drug-likeness (QED) is 0.711. The summed E-state index contributed by atoms with van der Waals surface area (Å²) in [5.74, 6) is 0. The Bertz CT molecular complexity index is 373. The molecule has 0 atom stereocenters. The van der Waals surface area contributed by atoms with Crippen molar-refractivity contribution in [2.75, 3.05) is 18.5 Å². The van der Waals surface area contributed by atoms with E-state index in [0.29, 0.717) is 18.1 Å². The summed E-state index contributed by atoms with van der Waals surface area (Å²) in [5, 5.41) is 23.1. The summed E-state index contributed by atoms with van der Waals surface area (Å²) < 4.78 is 0. The average Bonchev–Trinajstić information content (AvgIpc) is 2.66. The molecular weight excluding hydrogens is 240 g/mol. The van der Waals surface area contributed by atoms with Crippen LogP contribution in [-0.2, 0) is 5.41 Å². The number of nitrogens with zero attached hydrogens (tertiary/aromatic N) is 2. The lowest BCUT2D eigenvalue weighted by Crippen LogP contribution is -2.29. The van der Waals surface area contributed by atoms with Gasteiger partial charge in [-0.15, -0.1) is 10.2 Å². The van der Waals surface area contributed by atoms with Crippen LogP contribution >= 0.6 is 11.3 Å². The number of hydrogen-bond acceptors (Lipinski definition) is 5. The Hall–Kier alpha value is -1.21. The molecule has 0 radical (unpaired) electrons. The van der Waals surface area contributed by atoms with Crippen LogP contribution in [0.4, 0.5) is 9.93 Å². The Morgan fingerprint density at radius 1 is 1.41 bits per heavy atom. The molecule has 3 N–H and O–H groups in total. The first-order valence-corrected chi connectivity index (χ1v) is 6.25. The molecular formula is C10H18N4O2S. The van der Waals surface area contributed by atoms with Crippen molar-refractivity contribution in [1.29, 1.82) is 0 Å². The Morgan fingerprint density at radius 2 is 2.12 bits per heavy atom. The molecule has 17 heavy (non-hydrogen) atoms. The molecule has 0 aliphatic heterocycles. The van der Waals surface area contributed by atoms with Gasteiger partial charge in [0.1, 0.15) is 5.01 Å². The van der Waals surface area contributed by atoms with Crippen molar-refractivity contribution in [3.05, 3.63) is 5.01 Å². The third-order valence-electron chi connectivity index (χ3n) is 1.91. The second-order valence-corrected chi connectivity index (χ2v) is 5.60. The first kappa shape index (κ1) is 13.9. The number of nitrogens with one attached hydrogen (secondary N) is 2. The molecule has 1 aromatic rings. The van der Waals surface area contributed by atoms with Gasteiger partial charge in [0.2, 0.25) is 5.13 Å². The summed E-state index contributed by atoms with van der Waals surface area (Å²) in [6, 6.07) is -0.324. The number of amides is 2. The summed E-state index contributed by atoms with van der Waals surface area (Å²) in [5.41, 5.74) is -0.0645. The maximum atomic E-state index is 11.4. The van der Waals surface area contributed by atoms with E-state index in [1.165, 1.54) is 11.3 Å². The molecule has 0 saturated heterocycles. The van der Waals surface area contributed by atoms with Gasteiger partial charge in [0.25, 0.3) is 0 Å². The lowest BCUT2D eigenvalue weighted by atomic mass is 9.98. The van der Waals surface area contributed by atoms with Crippen molar-refractivity contribution in [2.24, 2.45) is 0 Å². The van der Waals surface area contributed by atoms with Gasteiger partial charge in [-0.05, 0) is 6.42 Å². The van der Waals surface area contributed by atoms with Crippen LogP contribution < -0.4 is 10.6 Å². The zero-order valence-corrected chi connectivity index (χ0v) is 11.1. The molecule has 0 saturated carbocycles. The fourth-order valence-corrected chi connectivity index (χ4v) is 1.80. The number of anilines is 1. The van der Waals surface area contributed by atoms with Gasteiger partial charge in [-0.2, -0.15) is 0 Å². The Labute approximate surface area is 104 Å². The Kier molecular flexibility index (Phi) is 4.83. The van der Waals surface area contributed by atoms with Gasteiger partial charge >= 0.3 is 6.03 Å². The molecule has 0 aliphatic carbocycles. The molecule has 1 rings (SSSR count). The second kappa shape index (κ2) is 5.92. The Balaban J connectivity index is 2.46. The van der Waals surface area contributed by atoms with E-state index in [-0.39, 0.29) is 18.1 Å². The molecule has 0 bridgehead atoms. The van der Waals surface area contributed by atoms with E-state index in [9.17, 15) is 4.79 Å². The third kappa shape index (κ3) is 4.66. The first-order chi connectivity index (χ1) is 7.93. The monoisotopic (exact) mass is 258 g/mol. The van der Waals surface area contributed by atoms with E-state index in [1.807, 2.05) is 20.8 Å². The van der Waals surface area contributed by atoms with Crippen molar-refractivity contribution in [1.82, 2.24) is 15.5 Å². The predicted octanol–water partition coefficient (Wildman–Crippen LogP) is 1.34. The topological polar surface area (TPSA) is 87.1 Å². The molecule has 96 valence electrons. The molecule has 0 unspecified atom stereocenters.